The fraction of sp³-hybridized carbons (Fsp3) is 0.909. The first kappa shape index (κ1) is 13.8. The molecule has 0 spiro atoms. The van der Waals surface area contributed by atoms with Crippen molar-refractivity contribution in [3.8, 4) is 0 Å². The highest BCUT2D eigenvalue weighted by Gasteiger charge is 2.35. The summed E-state index contributed by atoms with van der Waals surface area (Å²) in [6.45, 7) is 2.70. The summed E-state index contributed by atoms with van der Waals surface area (Å²) in [5.41, 5.74) is 0. The quantitative estimate of drug-likeness (QED) is 0.779. The van der Waals surface area contributed by atoms with E-state index in [0.29, 0.717) is 31.8 Å². The van der Waals surface area contributed by atoms with E-state index in [1.807, 2.05) is 0 Å². The number of nitrogens with one attached hydrogen (secondary N) is 1. The summed E-state index contributed by atoms with van der Waals surface area (Å²) in [5.74, 6) is -0.636. The van der Waals surface area contributed by atoms with Gasteiger partial charge in [-0.3, -0.25) is 4.79 Å². The van der Waals surface area contributed by atoms with E-state index in [0.717, 1.165) is 12.8 Å². The molecule has 1 aliphatic heterocycles. The van der Waals surface area contributed by atoms with Crippen molar-refractivity contribution in [1.29, 1.82) is 0 Å². The van der Waals surface area contributed by atoms with Crippen LogP contribution in [0, 0.1) is 11.8 Å². The first-order chi connectivity index (χ1) is 8.38. The molecule has 0 bridgehead atoms. The Morgan fingerprint density at radius 3 is 2.28 bits per heavy atom. The molecule has 1 heterocycles. The maximum Gasteiger partial charge on any atom is 0.306 e. The second kappa shape index (κ2) is 5.14. The summed E-state index contributed by atoms with van der Waals surface area (Å²) in [5, 5.41) is 8.87. The van der Waals surface area contributed by atoms with Gasteiger partial charge in [-0.05, 0) is 31.6 Å². The van der Waals surface area contributed by atoms with E-state index in [4.69, 9.17) is 5.11 Å². The van der Waals surface area contributed by atoms with Crippen LogP contribution in [-0.4, -0.2) is 42.9 Å². The predicted octanol–water partition coefficient (Wildman–Crippen LogP) is 0.416. The number of rotatable bonds is 4. The van der Waals surface area contributed by atoms with Crippen LogP contribution in [0.1, 0.15) is 32.6 Å². The van der Waals surface area contributed by atoms with Crippen molar-refractivity contribution in [3.05, 3.63) is 0 Å². The molecule has 0 aromatic heterocycles. The molecule has 0 unspecified atom stereocenters. The number of carboxylic acid groups (broad SMARTS) is 1. The van der Waals surface area contributed by atoms with Gasteiger partial charge in [-0.15, -0.1) is 0 Å². The SMILES string of the molecule is CC1CC(NS(=O)(=O)N2CCC(C(=O)O)CC2)C1. The summed E-state index contributed by atoms with van der Waals surface area (Å²) in [4.78, 5) is 10.8. The highest BCUT2D eigenvalue weighted by Crippen LogP contribution is 2.28. The van der Waals surface area contributed by atoms with E-state index in [9.17, 15) is 13.2 Å². The molecule has 1 saturated heterocycles. The van der Waals surface area contributed by atoms with Crippen molar-refractivity contribution < 1.29 is 18.3 Å². The van der Waals surface area contributed by atoms with Gasteiger partial charge in [0, 0.05) is 19.1 Å². The van der Waals surface area contributed by atoms with E-state index >= 15 is 0 Å². The molecule has 2 N–H and O–H groups in total. The summed E-state index contributed by atoms with van der Waals surface area (Å²) in [6.07, 6.45) is 2.59. The molecule has 1 aliphatic carbocycles. The first-order valence-corrected chi connectivity index (χ1v) is 7.82. The lowest BCUT2D eigenvalue weighted by molar-refractivity contribution is -0.142. The fourth-order valence-electron chi connectivity index (χ4n) is 2.63. The number of hydrogen-bond donors (Lipinski definition) is 2. The highest BCUT2D eigenvalue weighted by molar-refractivity contribution is 7.87. The summed E-state index contributed by atoms with van der Waals surface area (Å²) >= 11 is 0. The highest BCUT2D eigenvalue weighted by atomic mass is 32.2. The Hall–Kier alpha value is -0.660. The third kappa shape index (κ3) is 3.02. The average molecular weight is 276 g/mol. The maximum atomic E-state index is 12.0. The van der Waals surface area contributed by atoms with Crippen molar-refractivity contribution in [2.45, 2.75) is 38.6 Å². The second-order valence-corrected chi connectivity index (χ2v) is 7.11. The minimum Gasteiger partial charge on any atom is -0.481 e. The Bertz CT molecular complexity index is 409. The van der Waals surface area contributed by atoms with Gasteiger partial charge in [-0.25, -0.2) is 0 Å². The van der Waals surface area contributed by atoms with Crippen LogP contribution in [0.2, 0.25) is 0 Å². The lowest BCUT2D eigenvalue weighted by Gasteiger charge is -2.36. The van der Waals surface area contributed by atoms with Gasteiger partial charge in [0.1, 0.15) is 0 Å². The molecule has 0 atom stereocenters. The Balaban J connectivity index is 1.86. The number of piperidine rings is 1. The number of carbonyl (C=O) groups is 1. The van der Waals surface area contributed by atoms with Gasteiger partial charge >= 0.3 is 5.97 Å². The van der Waals surface area contributed by atoms with E-state index in [-0.39, 0.29) is 6.04 Å². The van der Waals surface area contributed by atoms with E-state index in [1.165, 1.54) is 4.31 Å². The van der Waals surface area contributed by atoms with Gasteiger partial charge in [0.05, 0.1) is 5.92 Å². The molecule has 7 heteroatoms. The number of nitrogens with zero attached hydrogens (tertiary/aromatic N) is 1. The van der Waals surface area contributed by atoms with Gasteiger partial charge in [0.2, 0.25) is 0 Å². The minimum atomic E-state index is -3.43. The molecule has 2 rings (SSSR count). The zero-order valence-corrected chi connectivity index (χ0v) is 11.3. The van der Waals surface area contributed by atoms with Crippen LogP contribution in [0.4, 0.5) is 0 Å². The third-order valence-corrected chi connectivity index (χ3v) is 5.51. The Morgan fingerprint density at radius 1 is 1.28 bits per heavy atom. The van der Waals surface area contributed by atoms with Crippen LogP contribution in [-0.2, 0) is 15.0 Å². The molecule has 0 radical (unpaired) electrons. The largest absolute Gasteiger partial charge is 0.481 e. The van der Waals surface area contributed by atoms with Crippen molar-refractivity contribution in [2.24, 2.45) is 11.8 Å². The van der Waals surface area contributed by atoms with Crippen LogP contribution >= 0.6 is 0 Å². The molecule has 6 nitrogen and oxygen atoms in total. The molecule has 1 saturated carbocycles. The zero-order valence-electron chi connectivity index (χ0n) is 10.5. The smallest absolute Gasteiger partial charge is 0.306 e. The van der Waals surface area contributed by atoms with Crippen LogP contribution in [0.3, 0.4) is 0 Å². The topological polar surface area (TPSA) is 86.7 Å². The average Bonchev–Trinajstić information content (AvgIpc) is 2.27. The molecule has 2 aliphatic rings. The Labute approximate surface area is 108 Å². The number of carboxylic acids is 1. The van der Waals surface area contributed by atoms with Crippen molar-refractivity contribution in [3.63, 3.8) is 0 Å². The fourth-order valence-corrected chi connectivity index (χ4v) is 4.08. The molecule has 0 amide bonds. The number of aliphatic carboxylic acids is 1. The first-order valence-electron chi connectivity index (χ1n) is 6.38. The molecule has 104 valence electrons. The summed E-state index contributed by atoms with van der Waals surface area (Å²) < 4.78 is 28.1. The summed E-state index contributed by atoms with van der Waals surface area (Å²) in [7, 11) is -3.43. The van der Waals surface area contributed by atoms with Crippen LogP contribution in [0.15, 0.2) is 0 Å². The van der Waals surface area contributed by atoms with E-state index in [2.05, 4.69) is 11.6 Å². The molecule has 2 fully saturated rings. The molecule has 0 aromatic carbocycles. The lowest BCUT2D eigenvalue weighted by atomic mass is 9.83. The van der Waals surface area contributed by atoms with Gasteiger partial charge in [0.25, 0.3) is 10.2 Å². The van der Waals surface area contributed by atoms with Crippen molar-refractivity contribution in [2.75, 3.05) is 13.1 Å². The summed E-state index contributed by atoms with van der Waals surface area (Å²) in [6, 6.07) is 0.0576. The zero-order chi connectivity index (χ0) is 13.3. The lowest BCUT2D eigenvalue weighted by Crippen LogP contribution is -2.51. The third-order valence-electron chi connectivity index (χ3n) is 3.83. The Morgan fingerprint density at radius 2 is 1.83 bits per heavy atom. The number of hydrogen-bond acceptors (Lipinski definition) is 3. The molecular weight excluding hydrogens is 256 g/mol. The van der Waals surface area contributed by atoms with E-state index in [1.54, 1.807) is 0 Å². The van der Waals surface area contributed by atoms with Gasteiger partial charge in [0.15, 0.2) is 0 Å². The van der Waals surface area contributed by atoms with Gasteiger partial charge < -0.3 is 5.11 Å². The second-order valence-electron chi connectivity index (χ2n) is 5.41. The molecule has 18 heavy (non-hydrogen) atoms. The molecule has 0 aromatic rings. The van der Waals surface area contributed by atoms with Crippen molar-refractivity contribution >= 4 is 16.2 Å². The Kier molecular flexibility index (Phi) is 3.93. The monoisotopic (exact) mass is 276 g/mol. The van der Waals surface area contributed by atoms with Crippen molar-refractivity contribution in [1.82, 2.24) is 9.03 Å². The standard InChI is InChI=1S/C11H20N2O4S/c1-8-6-10(7-8)12-18(16,17)13-4-2-9(3-5-13)11(14)15/h8-10,12H,2-7H2,1H3,(H,14,15). The minimum absolute atomic E-state index is 0.0576. The normalized spacial score (nSPS) is 30.9. The maximum absolute atomic E-state index is 12.0. The van der Waals surface area contributed by atoms with Crippen LogP contribution in [0.25, 0.3) is 0 Å². The van der Waals surface area contributed by atoms with E-state index < -0.39 is 22.1 Å². The van der Waals surface area contributed by atoms with Crippen LogP contribution < -0.4 is 4.72 Å². The van der Waals surface area contributed by atoms with Gasteiger partial charge in [-0.2, -0.15) is 17.4 Å². The molecular formula is C11H20N2O4S. The predicted molar refractivity (Wildman–Crippen MR) is 66.2 cm³/mol. The van der Waals surface area contributed by atoms with Crippen LogP contribution in [0.5, 0.6) is 0 Å². The van der Waals surface area contributed by atoms with Gasteiger partial charge in [-0.1, -0.05) is 6.92 Å².